The zero-order valence-electron chi connectivity index (χ0n) is 10.8. The molecule has 0 spiro atoms. The van der Waals surface area contributed by atoms with Crippen molar-refractivity contribution in [3.63, 3.8) is 0 Å². The molecule has 2 aliphatic rings. The molecule has 0 saturated carbocycles. The van der Waals surface area contributed by atoms with Gasteiger partial charge in [-0.3, -0.25) is 4.79 Å². The van der Waals surface area contributed by atoms with E-state index < -0.39 is 0 Å². The summed E-state index contributed by atoms with van der Waals surface area (Å²) in [5.74, 6) is 1.46. The number of benzene rings is 1. The zero-order valence-corrected chi connectivity index (χ0v) is 10.8. The van der Waals surface area contributed by atoms with Crippen LogP contribution in [0.4, 0.5) is 0 Å². The quantitative estimate of drug-likeness (QED) is 0.519. The highest BCUT2D eigenvalue weighted by Crippen LogP contribution is 2.41. The number of hydrogen-bond acceptors (Lipinski definition) is 3. The Labute approximate surface area is 106 Å². The summed E-state index contributed by atoms with van der Waals surface area (Å²) in [6, 6.07) is 3.90. The lowest BCUT2D eigenvalue weighted by atomic mass is 9.91. The Morgan fingerprint density at radius 1 is 1.28 bits per heavy atom. The van der Waals surface area contributed by atoms with Gasteiger partial charge in [-0.25, -0.2) is 0 Å². The number of carbonyl (C=O) groups is 1. The molecule has 3 rings (SSSR count). The summed E-state index contributed by atoms with van der Waals surface area (Å²) in [7, 11) is 0. The summed E-state index contributed by atoms with van der Waals surface area (Å²) < 4.78 is 11.2. The fraction of sp³-hybridized carbons (Fsp3) is 0.400. The van der Waals surface area contributed by atoms with Gasteiger partial charge in [0, 0.05) is 11.6 Å². The maximum Gasteiger partial charge on any atom is 0.311 e. The maximum absolute atomic E-state index is 11.5. The van der Waals surface area contributed by atoms with Crippen molar-refractivity contribution in [2.24, 2.45) is 0 Å². The molecule has 0 radical (unpaired) electrons. The minimum atomic E-state index is -0.314. The van der Waals surface area contributed by atoms with E-state index in [1.807, 2.05) is 32.9 Å². The Balaban J connectivity index is 2.10. The number of carbonyl (C=O) groups excluding carboxylic acids is 1. The van der Waals surface area contributed by atoms with Crippen molar-refractivity contribution in [3.8, 4) is 11.5 Å². The van der Waals surface area contributed by atoms with Gasteiger partial charge in [0.1, 0.15) is 17.1 Å². The molecule has 3 heteroatoms. The van der Waals surface area contributed by atoms with Crippen LogP contribution >= 0.6 is 0 Å². The van der Waals surface area contributed by atoms with E-state index in [1.165, 1.54) is 0 Å². The van der Waals surface area contributed by atoms with Gasteiger partial charge in [0.05, 0.1) is 6.42 Å². The first-order valence-corrected chi connectivity index (χ1v) is 6.21. The average molecular weight is 244 g/mol. The van der Waals surface area contributed by atoms with E-state index in [1.54, 1.807) is 0 Å². The molecule has 2 aliphatic heterocycles. The van der Waals surface area contributed by atoms with Gasteiger partial charge in [0.25, 0.3) is 0 Å². The van der Waals surface area contributed by atoms with Gasteiger partial charge in [0.2, 0.25) is 0 Å². The third kappa shape index (κ3) is 1.80. The van der Waals surface area contributed by atoms with Gasteiger partial charge < -0.3 is 9.47 Å². The summed E-state index contributed by atoms with van der Waals surface area (Å²) in [5.41, 5.74) is 1.82. The van der Waals surface area contributed by atoms with Gasteiger partial charge in [-0.1, -0.05) is 13.0 Å². The van der Waals surface area contributed by atoms with E-state index in [2.05, 4.69) is 12.1 Å². The molecule has 1 aromatic rings. The molecule has 0 aromatic heterocycles. The second-order valence-corrected chi connectivity index (χ2v) is 5.55. The molecule has 0 saturated heterocycles. The molecular weight excluding hydrogens is 228 g/mol. The topological polar surface area (TPSA) is 35.5 Å². The first-order valence-electron chi connectivity index (χ1n) is 6.21. The van der Waals surface area contributed by atoms with E-state index in [9.17, 15) is 4.79 Å². The number of ether oxygens (including phenoxy) is 2. The minimum absolute atomic E-state index is 0.166. The van der Waals surface area contributed by atoms with Crippen molar-refractivity contribution in [1.29, 1.82) is 0 Å². The van der Waals surface area contributed by atoms with Crippen LogP contribution in [-0.2, 0) is 4.79 Å². The number of rotatable bonds is 0. The molecule has 18 heavy (non-hydrogen) atoms. The van der Waals surface area contributed by atoms with Gasteiger partial charge in [-0.2, -0.15) is 0 Å². The minimum Gasteiger partial charge on any atom is -0.483 e. The second-order valence-electron chi connectivity index (χ2n) is 5.55. The Morgan fingerprint density at radius 3 is 2.83 bits per heavy atom. The SMILES string of the molecule is CC1CC(=O)Oc2cc3c(cc21)C=CC(C)(C)O3. The molecular formula is C15H16O3. The Kier molecular flexibility index (Phi) is 2.27. The number of fused-ring (bicyclic) bond motifs is 2. The fourth-order valence-electron chi connectivity index (χ4n) is 2.42. The van der Waals surface area contributed by atoms with Gasteiger partial charge in [0.15, 0.2) is 0 Å². The summed E-state index contributed by atoms with van der Waals surface area (Å²) in [4.78, 5) is 11.5. The van der Waals surface area contributed by atoms with Crippen molar-refractivity contribution in [2.45, 2.75) is 38.7 Å². The molecule has 1 unspecified atom stereocenters. The molecule has 0 N–H and O–H groups in total. The van der Waals surface area contributed by atoms with Gasteiger partial charge >= 0.3 is 5.97 Å². The van der Waals surface area contributed by atoms with Crippen LogP contribution in [0.5, 0.6) is 11.5 Å². The first-order chi connectivity index (χ1) is 8.44. The average Bonchev–Trinajstić information content (AvgIpc) is 2.25. The standard InChI is InChI=1S/C15H16O3/c1-9-6-14(16)17-13-8-12-10(7-11(9)13)4-5-15(2,3)18-12/h4-5,7-9H,6H2,1-3H3. The Hall–Kier alpha value is -1.77. The van der Waals surface area contributed by atoms with Crippen molar-refractivity contribution >= 4 is 12.0 Å². The van der Waals surface area contributed by atoms with Crippen LogP contribution < -0.4 is 9.47 Å². The highest BCUT2D eigenvalue weighted by Gasteiger charge is 2.28. The van der Waals surface area contributed by atoms with E-state index >= 15 is 0 Å². The van der Waals surface area contributed by atoms with E-state index in [4.69, 9.17) is 9.47 Å². The highest BCUT2D eigenvalue weighted by molar-refractivity contribution is 5.78. The van der Waals surface area contributed by atoms with Crippen LogP contribution in [0.2, 0.25) is 0 Å². The Morgan fingerprint density at radius 2 is 2.06 bits per heavy atom. The molecule has 3 nitrogen and oxygen atoms in total. The molecule has 2 heterocycles. The molecule has 1 atom stereocenters. The molecule has 1 aromatic carbocycles. The number of hydrogen-bond donors (Lipinski definition) is 0. The summed E-state index contributed by atoms with van der Waals surface area (Å²) in [6.45, 7) is 6.05. The third-order valence-electron chi connectivity index (χ3n) is 3.41. The molecule has 0 amide bonds. The predicted molar refractivity (Wildman–Crippen MR) is 68.9 cm³/mol. The largest absolute Gasteiger partial charge is 0.483 e. The van der Waals surface area contributed by atoms with Gasteiger partial charge in [-0.15, -0.1) is 0 Å². The number of esters is 1. The molecule has 0 bridgehead atoms. The van der Waals surface area contributed by atoms with Crippen molar-refractivity contribution in [1.82, 2.24) is 0 Å². The van der Waals surface area contributed by atoms with E-state index in [0.717, 1.165) is 16.9 Å². The monoisotopic (exact) mass is 244 g/mol. The van der Waals surface area contributed by atoms with E-state index in [-0.39, 0.29) is 17.5 Å². The molecule has 0 fully saturated rings. The van der Waals surface area contributed by atoms with Crippen LogP contribution in [0.3, 0.4) is 0 Å². The van der Waals surface area contributed by atoms with Crippen LogP contribution in [0.15, 0.2) is 18.2 Å². The lowest BCUT2D eigenvalue weighted by Gasteiger charge is -2.30. The van der Waals surface area contributed by atoms with Crippen LogP contribution in [0, 0.1) is 0 Å². The third-order valence-corrected chi connectivity index (χ3v) is 3.41. The maximum atomic E-state index is 11.5. The fourth-order valence-corrected chi connectivity index (χ4v) is 2.42. The molecule has 0 aliphatic carbocycles. The summed E-state index contributed by atoms with van der Waals surface area (Å²) in [5, 5.41) is 0. The van der Waals surface area contributed by atoms with Crippen molar-refractivity contribution in [2.75, 3.05) is 0 Å². The lowest BCUT2D eigenvalue weighted by molar-refractivity contribution is -0.135. The van der Waals surface area contributed by atoms with E-state index in [0.29, 0.717) is 12.2 Å². The molecule has 94 valence electrons. The summed E-state index contributed by atoms with van der Waals surface area (Å²) in [6.07, 6.45) is 4.56. The predicted octanol–water partition coefficient (Wildman–Crippen LogP) is 3.28. The first kappa shape index (κ1) is 11.3. The van der Waals surface area contributed by atoms with Gasteiger partial charge in [-0.05, 0) is 37.5 Å². The highest BCUT2D eigenvalue weighted by atomic mass is 16.5. The smallest absolute Gasteiger partial charge is 0.311 e. The van der Waals surface area contributed by atoms with Crippen molar-refractivity contribution in [3.05, 3.63) is 29.3 Å². The van der Waals surface area contributed by atoms with Crippen LogP contribution in [-0.4, -0.2) is 11.6 Å². The van der Waals surface area contributed by atoms with Crippen LogP contribution in [0.25, 0.3) is 6.08 Å². The lowest BCUT2D eigenvalue weighted by Crippen LogP contribution is -2.28. The zero-order chi connectivity index (χ0) is 12.9. The van der Waals surface area contributed by atoms with Crippen LogP contribution in [0.1, 0.15) is 44.2 Å². The summed E-state index contributed by atoms with van der Waals surface area (Å²) >= 11 is 0. The Bertz CT molecular complexity index is 555. The van der Waals surface area contributed by atoms with Crippen molar-refractivity contribution < 1.29 is 14.3 Å². The normalized spacial score (nSPS) is 23.7. The second kappa shape index (κ2) is 3.61.